The minimum absolute atomic E-state index is 0.754. The van der Waals surface area contributed by atoms with Crippen molar-refractivity contribution in [3.63, 3.8) is 0 Å². The van der Waals surface area contributed by atoms with Crippen molar-refractivity contribution in [2.24, 2.45) is 5.92 Å². The Balaban J connectivity index is 1.58. The molecule has 1 aliphatic carbocycles. The Bertz CT molecular complexity index is 383. The Hall–Kier alpha value is -0.180. The van der Waals surface area contributed by atoms with Crippen molar-refractivity contribution in [3.05, 3.63) is 34.9 Å². The first-order valence-electron chi connectivity index (χ1n) is 7.30. The molecule has 0 bridgehead atoms. The SMILES string of the molecule is CC1CCCC(NCCSCc2ccccc2Cl)C1. The van der Waals surface area contributed by atoms with Gasteiger partial charge in [0.25, 0.3) is 0 Å². The van der Waals surface area contributed by atoms with Gasteiger partial charge in [-0.3, -0.25) is 0 Å². The molecule has 0 spiro atoms. The molecule has 2 rings (SSSR count). The standard InChI is InChI=1S/C16H24ClNS/c1-13-5-4-7-15(11-13)18-9-10-19-12-14-6-2-3-8-16(14)17/h2-3,6,8,13,15,18H,4-5,7,9-12H2,1H3. The van der Waals surface area contributed by atoms with E-state index in [0.29, 0.717) is 0 Å². The highest BCUT2D eigenvalue weighted by atomic mass is 35.5. The first kappa shape index (κ1) is 15.2. The van der Waals surface area contributed by atoms with Crippen LogP contribution in [0.1, 0.15) is 38.2 Å². The number of nitrogens with one attached hydrogen (secondary N) is 1. The number of thioether (sulfide) groups is 1. The number of halogens is 1. The van der Waals surface area contributed by atoms with Crippen LogP contribution in [0.4, 0.5) is 0 Å². The van der Waals surface area contributed by atoms with Gasteiger partial charge < -0.3 is 5.32 Å². The molecule has 0 heterocycles. The zero-order chi connectivity index (χ0) is 13.5. The third kappa shape index (κ3) is 5.37. The summed E-state index contributed by atoms with van der Waals surface area (Å²) in [5.41, 5.74) is 1.25. The molecule has 1 fully saturated rings. The van der Waals surface area contributed by atoms with E-state index in [-0.39, 0.29) is 0 Å². The highest BCUT2D eigenvalue weighted by Crippen LogP contribution is 2.24. The smallest absolute Gasteiger partial charge is 0.0446 e. The number of hydrogen-bond acceptors (Lipinski definition) is 2. The summed E-state index contributed by atoms with van der Waals surface area (Å²) < 4.78 is 0. The van der Waals surface area contributed by atoms with E-state index in [1.54, 1.807) is 0 Å². The van der Waals surface area contributed by atoms with Gasteiger partial charge in [0.2, 0.25) is 0 Å². The molecule has 2 unspecified atom stereocenters. The molecule has 0 aromatic heterocycles. The Labute approximate surface area is 126 Å². The summed E-state index contributed by atoms with van der Waals surface area (Å²) in [7, 11) is 0. The van der Waals surface area contributed by atoms with E-state index in [1.807, 2.05) is 23.9 Å². The van der Waals surface area contributed by atoms with E-state index in [0.717, 1.165) is 35.0 Å². The summed E-state index contributed by atoms with van der Waals surface area (Å²) in [6, 6.07) is 8.89. The van der Waals surface area contributed by atoms with Crippen LogP contribution in [0, 0.1) is 5.92 Å². The minimum Gasteiger partial charge on any atom is -0.313 e. The van der Waals surface area contributed by atoms with Gasteiger partial charge >= 0.3 is 0 Å². The Kier molecular flexibility index (Phi) is 6.55. The van der Waals surface area contributed by atoms with Gasteiger partial charge in [-0.05, 0) is 30.4 Å². The maximum atomic E-state index is 6.15. The van der Waals surface area contributed by atoms with Gasteiger partial charge in [0.05, 0.1) is 0 Å². The average molecular weight is 298 g/mol. The van der Waals surface area contributed by atoms with Crippen molar-refractivity contribution in [1.29, 1.82) is 0 Å². The predicted octanol–water partition coefficient (Wildman–Crippen LogP) is 4.74. The van der Waals surface area contributed by atoms with Crippen LogP contribution in [0.2, 0.25) is 5.02 Å². The zero-order valence-corrected chi connectivity index (χ0v) is 13.3. The molecule has 106 valence electrons. The lowest BCUT2D eigenvalue weighted by Crippen LogP contribution is -2.34. The third-order valence-electron chi connectivity index (χ3n) is 3.83. The number of rotatable bonds is 6. The highest BCUT2D eigenvalue weighted by Gasteiger charge is 2.17. The quantitative estimate of drug-likeness (QED) is 0.761. The molecule has 1 N–H and O–H groups in total. The maximum Gasteiger partial charge on any atom is 0.0446 e. The predicted molar refractivity (Wildman–Crippen MR) is 87.0 cm³/mol. The number of benzene rings is 1. The van der Waals surface area contributed by atoms with Gasteiger partial charge in [0.1, 0.15) is 0 Å². The van der Waals surface area contributed by atoms with Crippen LogP contribution in [0.5, 0.6) is 0 Å². The van der Waals surface area contributed by atoms with E-state index >= 15 is 0 Å². The molecule has 0 radical (unpaired) electrons. The normalized spacial score (nSPS) is 23.5. The summed E-state index contributed by atoms with van der Waals surface area (Å²) >= 11 is 8.11. The maximum absolute atomic E-state index is 6.15. The molecular formula is C16H24ClNS. The lowest BCUT2D eigenvalue weighted by atomic mass is 9.87. The molecule has 0 saturated heterocycles. The molecular weight excluding hydrogens is 274 g/mol. The molecule has 3 heteroatoms. The van der Waals surface area contributed by atoms with Gasteiger partial charge in [-0.15, -0.1) is 0 Å². The monoisotopic (exact) mass is 297 g/mol. The first-order chi connectivity index (χ1) is 9.25. The fraction of sp³-hybridized carbons (Fsp3) is 0.625. The summed E-state index contributed by atoms with van der Waals surface area (Å²) in [6.45, 7) is 3.49. The fourth-order valence-electron chi connectivity index (χ4n) is 2.75. The van der Waals surface area contributed by atoms with Crippen LogP contribution in [0.3, 0.4) is 0 Å². The second kappa shape index (κ2) is 8.18. The Morgan fingerprint density at radius 1 is 1.32 bits per heavy atom. The molecule has 1 aliphatic rings. The van der Waals surface area contributed by atoms with Crippen LogP contribution in [-0.2, 0) is 5.75 Å². The Morgan fingerprint density at radius 3 is 2.95 bits per heavy atom. The molecule has 0 aliphatic heterocycles. The largest absolute Gasteiger partial charge is 0.313 e. The van der Waals surface area contributed by atoms with E-state index in [4.69, 9.17) is 11.6 Å². The summed E-state index contributed by atoms with van der Waals surface area (Å²) in [5.74, 6) is 3.08. The molecule has 1 aromatic carbocycles. The van der Waals surface area contributed by atoms with Crippen LogP contribution in [-0.4, -0.2) is 18.3 Å². The van der Waals surface area contributed by atoms with Crippen LogP contribution in [0.25, 0.3) is 0 Å². The van der Waals surface area contributed by atoms with Gasteiger partial charge in [-0.25, -0.2) is 0 Å². The van der Waals surface area contributed by atoms with Crippen molar-refractivity contribution in [1.82, 2.24) is 5.32 Å². The van der Waals surface area contributed by atoms with E-state index in [2.05, 4.69) is 24.4 Å². The zero-order valence-electron chi connectivity index (χ0n) is 11.7. The number of hydrogen-bond donors (Lipinski definition) is 1. The molecule has 1 aromatic rings. The van der Waals surface area contributed by atoms with Crippen molar-refractivity contribution < 1.29 is 0 Å². The van der Waals surface area contributed by atoms with Gasteiger partial charge in [0, 0.05) is 29.1 Å². The van der Waals surface area contributed by atoms with E-state index < -0.39 is 0 Å². The summed E-state index contributed by atoms with van der Waals surface area (Å²) in [4.78, 5) is 0. The van der Waals surface area contributed by atoms with Crippen molar-refractivity contribution in [2.75, 3.05) is 12.3 Å². The van der Waals surface area contributed by atoms with Gasteiger partial charge in [-0.2, -0.15) is 11.8 Å². The second-order valence-corrected chi connectivity index (χ2v) is 7.08. The lowest BCUT2D eigenvalue weighted by Gasteiger charge is -2.27. The molecule has 0 amide bonds. The van der Waals surface area contributed by atoms with Crippen LogP contribution < -0.4 is 5.32 Å². The van der Waals surface area contributed by atoms with E-state index in [1.165, 1.54) is 31.2 Å². The van der Waals surface area contributed by atoms with Crippen molar-refractivity contribution in [3.8, 4) is 0 Å². The molecule has 2 atom stereocenters. The minimum atomic E-state index is 0.754. The fourth-order valence-corrected chi connectivity index (χ4v) is 3.91. The summed E-state index contributed by atoms with van der Waals surface area (Å²) in [5, 5.41) is 4.59. The third-order valence-corrected chi connectivity index (χ3v) is 5.21. The van der Waals surface area contributed by atoms with Gasteiger partial charge in [0.15, 0.2) is 0 Å². The lowest BCUT2D eigenvalue weighted by molar-refractivity contribution is 0.306. The molecule has 1 saturated carbocycles. The molecule has 1 nitrogen and oxygen atoms in total. The first-order valence-corrected chi connectivity index (χ1v) is 8.83. The van der Waals surface area contributed by atoms with Crippen molar-refractivity contribution >= 4 is 23.4 Å². The Morgan fingerprint density at radius 2 is 2.16 bits per heavy atom. The van der Waals surface area contributed by atoms with Gasteiger partial charge in [-0.1, -0.05) is 49.6 Å². The van der Waals surface area contributed by atoms with E-state index in [9.17, 15) is 0 Å². The second-order valence-electron chi connectivity index (χ2n) is 5.57. The van der Waals surface area contributed by atoms with Crippen LogP contribution in [0.15, 0.2) is 24.3 Å². The summed E-state index contributed by atoms with van der Waals surface area (Å²) in [6.07, 6.45) is 5.53. The molecule has 19 heavy (non-hydrogen) atoms. The van der Waals surface area contributed by atoms with Crippen LogP contribution >= 0.6 is 23.4 Å². The topological polar surface area (TPSA) is 12.0 Å². The highest BCUT2D eigenvalue weighted by molar-refractivity contribution is 7.98. The average Bonchev–Trinajstić information content (AvgIpc) is 2.40. The van der Waals surface area contributed by atoms with Crippen molar-refractivity contribution in [2.45, 2.75) is 44.4 Å².